The molecule has 0 saturated heterocycles. The lowest BCUT2D eigenvalue weighted by Crippen LogP contribution is -2.19. The minimum Gasteiger partial charge on any atom is -0.337 e. The van der Waals surface area contributed by atoms with Gasteiger partial charge in [-0.3, -0.25) is 9.78 Å². The molecule has 0 aliphatic carbocycles. The second-order valence-corrected chi connectivity index (χ2v) is 2.37. The van der Waals surface area contributed by atoms with Gasteiger partial charge in [-0.05, 0) is 19.1 Å². The first kappa shape index (κ1) is 7.01. The van der Waals surface area contributed by atoms with Gasteiger partial charge >= 0.3 is 0 Å². The van der Waals surface area contributed by atoms with Gasteiger partial charge in [-0.15, -0.1) is 0 Å². The fourth-order valence-electron chi connectivity index (χ4n) is 0.586. The third kappa shape index (κ3) is 1.08. The highest BCUT2D eigenvalue weighted by molar-refractivity contribution is 7.71. The SMILES string of the molecule is Cc1cn(N)c(=S)[nH]c1=O. The number of rotatable bonds is 0. The number of aromatic nitrogens is 2. The molecule has 1 rings (SSSR count). The number of H-pyrrole nitrogens is 1. The van der Waals surface area contributed by atoms with E-state index in [4.69, 9.17) is 5.84 Å². The zero-order chi connectivity index (χ0) is 7.72. The quantitative estimate of drug-likeness (QED) is 0.409. The number of nitrogens with one attached hydrogen (secondary N) is 1. The van der Waals surface area contributed by atoms with E-state index in [1.165, 1.54) is 10.9 Å². The van der Waals surface area contributed by atoms with E-state index in [0.717, 1.165) is 0 Å². The molecule has 10 heavy (non-hydrogen) atoms. The molecule has 0 atom stereocenters. The number of nitrogen functional groups attached to an aromatic ring is 1. The summed E-state index contributed by atoms with van der Waals surface area (Å²) in [4.78, 5) is 13.2. The van der Waals surface area contributed by atoms with Crippen molar-refractivity contribution in [2.45, 2.75) is 6.92 Å². The molecule has 1 heterocycles. The van der Waals surface area contributed by atoms with Crippen molar-refractivity contribution < 1.29 is 0 Å². The summed E-state index contributed by atoms with van der Waals surface area (Å²) in [6, 6.07) is 0. The molecule has 0 aromatic carbocycles. The molecule has 0 fully saturated rings. The molecule has 4 nitrogen and oxygen atoms in total. The summed E-state index contributed by atoms with van der Waals surface area (Å²) in [6.45, 7) is 1.66. The van der Waals surface area contributed by atoms with Gasteiger partial charge in [0.15, 0.2) is 4.77 Å². The maximum Gasteiger partial charge on any atom is 0.254 e. The molecule has 0 aliphatic rings. The zero-order valence-electron chi connectivity index (χ0n) is 5.42. The topological polar surface area (TPSA) is 63.8 Å². The highest BCUT2D eigenvalue weighted by Gasteiger charge is 1.92. The van der Waals surface area contributed by atoms with Crippen LogP contribution in [0.2, 0.25) is 0 Å². The Balaban J connectivity index is 3.59. The van der Waals surface area contributed by atoms with E-state index in [2.05, 4.69) is 17.2 Å². The maximum absolute atomic E-state index is 10.8. The van der Waals surface area contributed by atoms with Crippen LogP contribution in [-0.2, 0) is 0 Å². The Labute approximate surface area is 62.3 Å². The van der Waals surface area contributed by atoms with Gasteiger partial charge in [0.25, 0.3) is 5.56 Å². The lowest BCUT2D eigenvalue weighted by molar-refractivity contribution is 0.879. The Morgan fingerprint density at radius 3 is 2.90 bits per heavy atom. The first-order chi connectivity index (χ1) is 4.61. The molecular weight excluding hydrogens is 150 g/mol. The Morgan fingerprint density at radius 2 is 2.40 bits per heavy atom. The fourth-order valence-corrected chi connectivity index (χ4v) is 0.732. The van der Waals surface area contributed by atoms with Crippen molar-refractivity contribution in [1.29, 1.82) is 0 Å². The van der Waals surface area contributed by atoms with Gasteiger partial charge in [0.1, 0.15) is 0 Å². The molecule has 0 amide bonds. The van der Waals surface area contributed by atoms with Gasteiger partial charge < -0.3 is 5.84 Å². The number of nitrogens with zero attached hydrogens (tertiary/aromatic N) is 1. The molecule has 0 aliphatic heterocycles. The van der Waals surface area contributed by atoms with Crippen molar-refractivity contribution in [3.05, 3.63) is 26.9 Å². The molecule has 1 aromatic rings. The summed E-state index contributed by atoms with van der Waals surface area (Å²) in [5, 5.41) is 0. The van der Waals surface area contributed by atoms with Crippen molar-refractivity contribution in [3.63, 3.8) is 0 Å². The van der Waals surface area contributed by atoms with E-state index < -0.39 is 0 Å². The van der Waals surface area contributed by atoms with E-state index in [-0.39, 0.29) is 10.3 Å². The molecular formula is C5H7N3OS. The van der Waals surface area contributed by atoms with Crippen LogP contribution in [0.15, 0.2) is 11.0 Å². The largest absolute Gasteiger partial charge is 0.337 e. The van der Waals surface area contributed by atoms with E-state index >= 15 is 0 Å². The van der Waals surface area contributed by atoms with Crippen LogP contribution < -0.4 is 11.4 Å². The Morgan fingerprint density at radius 1 is 1.80 bits per heavy atom. The molecule has 0 radical (unpaired) electrons. The number of aryl methyl sites for hydroxylation is 1. The molecule has 0 saturated carbocycles. The normalized spacial score (nSPS) is 9.70. The van der Waals surface area contributed by atoms with Crippen LogP contribution in [0.4, 0.5) is 0 Å². The molecule has 1 aromatic heterocycles. The first-order valence-corrected chi connectivity index (χ1v) is 3.10. The summed E-state index contributed by atoms with van der Waals surface area (Å²) in [6.07, 6.45) is 1.49. The van der Waals surface area contributed by atoms with Gasteiger partial charge in [0.05, 0.1) is 0 Å². The summed E-state index contributed by atoms with van der Waals surface area (Å²) in [7, 11) is 0. The van der Waals surface area contributed by atoms with Crippen molar-refractivity contribution in [2.24, 2.45) is 0 Å². The molecule has 5 heteroatoms. The van der Waals surface area contributed by atoms with Crippen LogP contribution in [0.25, 0.3) is 0 Å². The van der Waals surface area contributed by atoms with Gasteiger partial charge in [-0.25, -0.2) is 4.68 Å². The van der Waals surface area contributed by atoms with Gasteiger partial charge in [-0.1, -0.05) is 0 Å². The molecule has 54 valence electrons. The molecule has 0 unspecified atom stereocenters. The van der Waals surface area contributed by atoms with Crippen LogP contribution in [0.3, 0.4) is 0 Å². The summed E-state index contributed by atoms with van der Waals surface area (Å²) in [5.41, 5.74) is 0.364. The second-order valence-electron chi connectivity index (χ2n) is 1.98. The Hall–Kier alpha value is -1.10. The van der Waals surface area contributed by atoms with Crippen LogP contribution in [0.5, 0.6) is 0 Å². The highest BCUT2D eigenvalue weighted by Crippen LogP contribution is 1.83. The predicted octanol–water partition coefficient (Wildman–Crippen LogP) is -0.0719. The van der Waals surface area contributed by atoms with E-state index in [1.807, 2.05) is 0 Å². The van der Waals surface area contributed by atoms with Crippen molar-refractivity contribution in [3.8, 4) is 0 Å². The minimum absolute atomic E-state index is 0.188. The van der Waals surface area contributed by atoms with Crippen LogP contribution in [0, 0.1) is 11.7 Å². The van der Waals surface area contributed by atoms with Crippen molar-refractivity contribution in [2.75, 3.05) is 5.84 Å². The summed E-state index contributed by atoms with van der Waals surface area (Å²) >= 11 is 4.68. The predicted molar refractivity (Wildman–Crippen MR) is 40.8 cm³/mol. The van der Waals surface area contributed by atoms with Gasteiger partial charge in [0.2, 0.25) is 0 Å². The van der Waals surface area contributed by atoms with Crippen LogP contribution >= 0.6 is 12.2 Å². The lowest BCUT2D eigenvalue weighted by Gasteiger charge is -1.97. The Kier molecular flexibility index (Phi) is 1.58. The average molecular weight is 157 g/mol. The van der Waals surface area contributed by atoms with Crippen LogP contribution in [0.1, 0.15) is 5.56 Å². The van der Waals surface area contributed by atoms with E-state index in [9.17, 15) is 4.79 Å². The molecule has 0 spiro atoms. The smallest absolute Gasteiger partial charge is 0.254 e. The van der Waals surface area contributed by atoms with Gasteiger partial charge in [-0.2, -0.15) is 0 Å². The molecule has 0 bridgehead atoms. The number of hydrogen-bond donors (Lipinski definition) is 2. The standard InChI is InChI=1S/C5H7N3OS/c1-3-2-8(6)5(10)7-4(3)9/h2H,6H2,1H3,(H,7,9,10). The lowest BCUT2D eigenvalue weighted by atomic mass is 10.4. The van der Waals surface area contributed by atoms with E-state index in [0.29, 0.717) is 5.56 Å². The first-order valence-electron chi connectivity index (χ1n) is 2.69. The monoisotopic (exact) mass is 157 g/mol. The third-order valence-corrected chi connectivity index (χ3v) is 1.46. The minimum atomic E-state index is -0.188. The summed E-state index contributed by atoms with van der Waals surface area (Å²) in [5.74, 6) is 5.33. The number of hydrogen-bond acceptors (Lipinski definition) is 3. The highest BCUT2D eigenvalue weighted by atomic mass is 32.1. The van der Waals surface area contributed by atoms with Crippen molar-refractivity contribution in [1.82, 2.24) is 9.66 Å². The third-order valence-electron chi connectivity index (χ3n) is 1.15. The van der Waals surface area contributed by atoms with Crippen LogP contribution in [-0.4, -0.2) is 9.66 Å². The Bertz CT molecular complexity index is 319. The average Bonchev–Trinajstić information content (AvgIpc) is 1.84. The maximum atomic E-state index is 10.8. The number of nitrogens with two attached hydrogens (primary N) is 1. The van der Waals surface area contributed by atoms with Crippen molar-refractivity contribution >= 4 is 12.2 Å². The van der Waals surface area contributed by atoms with E-state index in [1.54, 1.807) is 6.92 Å². The van der Waals surface area contributed by atoms with Gasteiger partial charge in [0, 0.05) is 11.8 Å². The summed E-state index contributed by atoms with van der Waals surface area (Å²) < 4.78 is 1.43. The fraction of sp³-hybridized carbons (Fsp3) is 0.200. The zero-order valence-corrected chi connectivity index (χ0v) is 6.23. The second kappa shape index (κ2) is 2.26. The number of aromatic amines is 1. The molecule has 3 N–H and O–H groups in total.